The maximum absolute atomic E-state index is 4.93. The van der Waals surface area contributed by atoms with Gasteiger partial charge in [-0.15, -0.1) is 0 Å². The van der Waals surface area contributed by atoms with Crippen molar-refractivity contribution in [3.8, 4) is 44.8 Å². The molecule has 51 heavy (non-hydrogen) atoms. The van der Waals surface area contributed by atoms with E-state index in [1.54, 1.807) is 0 Å². The van der Waals surface area contributed by atoms with Gasteiger partial charge in [0.1, 0.15) is 0 Å². The molecule has 0 saturated heterocycles. The number of rotatable bonds is 4. The minimum Gasteiger partial charge on any atom is -0.260 e. The van der Waals surface area contributed by atoms with Gasteiger partial charge in [0.25, 0.3) is 0 Å². The molecule has 0 amide bonds. The van der Waals surface area contributed by atoms with E-state index in [-0.39, 0.29) is 0 Å². The van der Waals surface area contributed by atoms with E-state index in [2.05, 4.69) is 158 Å². The van der Waals surface area contributed by atoms with Crippen LogP contribution in [0.25, 0.3) is 98.6 Å². The summed E-state index contributed by atoms with van der Waals surface area (Å²) < 4.78 is 0. The van der Waals surface area contributed by atoms with E-state index >= 15 is 0 Å². The Balaban J connectivity index is 1.06. The number of nitrogens with zero attached hydrogens (tertiary/aromatic N) is 2. The molecule has 0 unspecified atom stereocenters. The maximum Gasteiger partial charge on any atom is 0.0892 e. The molecule has 2 heteroatoms. The lowest BCUT2D eigenvalue weighted by Gasteiger charge is -2.16. The lowest BCUT2D eigenvalue weighted by molar-refractivity contribution is 1.21. The van der Waals surface area contributed by atoms with Crippen molar-refractivity contribution < 1.29 is 0 Å². The third-order valence-electron chi connectivity index (χ3n) is 10.4. The minimum absolute atomic E-state index is 0.871. The fourth-order valence-electron chi connectivity index (χ4n) is 7.92. The monoisotopic (exact) mass is 648 g/mol. The van der Waals surface area contributed by atoms with Crippen LogP contribution in [-0.4, -0.2) is 9.97 Å². The molecule has 0 spiro atoms. The maximum atomic E-state index is 4.93. The first-order valence-electron chi connectivity index (χ1n) is 17.5. The van der Waals surface area contributed by atoms with Crippen molar-refractivity contribution in [2.24, 2.45) is 0 Å². The summed E-state index contributed by atoms with van der Waals surface area (Å²) >= 11 is 0. The molecular formula is C49H32N2. The summed E-state index contributed by atoms with van der Waals surface area (Å²) in [6.07, 6.45) is 3.67. The largest absolute Gasteiger partial charge is 0.260 e. The van der Waals surface area contributed by atoms with Crippen molar-refractivity contribution >= 4 is 53.9 Å². The smallest absolute Gasteiger partial charge is 0.0892 e. The van der Waals surface area contributed by atoms with Gasteiger partial charge in [0.15, 0.2) is 0 Å². The number of hydrogen-bond donors (Lipinski definition) is 0. The summed E-state index contributed by atoms with van der Waals surface area (Å²) in [5.41, 5.74) is 10.1. The topological polar surface area (TPSA) is 25.8 Å². The Kier molecular flexibility index (Phi) is 6.75. The normalized spacial score (nSPS) is 11.6. The van der Waals surface area contributed by atoms with Gasteiger partial charge in [-0.1, -0.05) is 146 Å². The Morgan fingerprint density at radius 1 is 0.353 bits per heavy atom. The molecule has 1 heterocycles. The van der Waals surface area contributed by atoms with Gasteiger partial charge in [-0.2, -0.15) is 0 Å². The molecule has 0 fully saturated rings. The fourth-order valence-corrected chi connectivity index (χ4v) is 7.92. The van der Waals surface area contributed by atoms with Gasteiger partial charge in [-0.25, -0.2) is 4.98 Å². The number of benzene rings is 9. The van der Waals surface area contributed by atoms with E-state index in [4.69, 9.17) is 4.98 Å². The van der Waals surface area contributed by atoms with E-state index in [1.165, 1.54) is 81.7 Å². The van der Waals surface area contributed by atoms with Crippen LogP contribution in [0.5, 0.6) is 0 Å². The van der Waals surface area contributed by atoms with Crippen LogP contribution in [0.15, 0.2) is 176 Å². The summed E-state index contributed by atoms with van der Waals surface area (Å²) in [6.45, 7) is 2.23. The van der Waals surface area contributed by atoms with Crippen molar-refractivity contribution in [1.82, 2.24) is 9.97 Å². The highest BCUT2D eigenvalue weighted by molar-refractivity contribution is 6.21. The first-order chi connectivity index (χ1) is 25.2. The molecule has 0 atom stereocenters. The van der Waals surface area contributed by atoms with E-state index in [0.717, 1.165) is 22.5 Å². The second kappa shape index (κ2) is 11.8. The van der Waals surface area contributed by atoms with Crippen LogP contribution >= 0.6 is 0 Å². The zero-order valence-corrected chi connectivity index (χ0v) is 28.1. The third kappa shape index (κ3) is 4.95. The summed E-state index contributed by atoms with van der Waals surface area (Å²) in [6, 6.07) is 59.6. The molecule has 10 rings (SSSR count). The Labute approximate surface area is 296 Å². The van der Waals surface area contributed by atoms with Crippen LogP contribution in [0, 0.1) is 6.92 Å². The molecule has 1 aromatic heterocycles. The average molecular weight is 649 g/mol. The minimum atomic E-state index is 0.871. The quantitative estimate of drug-likeness (QED) is 0.178. The molecule has 0 saturated carbocycles. The first-order valence-corrected chi connectivity index (χ1v) is 17.5. The van der Waals surface area contributed by atoms with Crippen molar-refractivity contribution in [3.63, 3.8) is 0 Å². The number of hydrogen-bond acceptors (Lipinski definition) is 2. The van der Waals surface area contributed by atoms with Gasteiger partial charge in [0, 0.05) is 11.1 Å². The molecule has 0 N–H and O–H groups in total. The molecule has 9 aromatic carbocycles. The number of aromatic nitrogens is 2. The van der Waals surface area contributed by atoms with E-state index in [0.29, 0.717) is 0 Å². The first kappa shape index (κ1) is 29.3. The van der Waals surface area contributed by atoms with Crippen LogP contribution in [0.2, 0.25) is 0 Å². The van der Waals surface area contributed by atoms with Crippen LogP contribution in [0.3, 0.4) is 0 Å². The van der Waals surface area contributed by atoms with E-state index < -0.39 is 0 Å². The molecule has 0 bridgehead atoms. The second-order valence-electron chi connectivity index (χ2n) is 13.5. The summed E-state index contributed by atoms with van der Waals surface area (Å²) in [7, 11) is 0. The Morgan fingerprint density at radius 2 is 0.882 bits per heavy atom. The van der Waals surface area contributed by atoms with Crippen LogP contribution in [0.4, 0.5) is 0 Å². The molecule has 0 aliphatic carbocycles. The van der Waals surface area contributed by atoms with Crippen molar-refractivity contribution in [2.75, 3.05) is 0 Å². The highest BCUT2D eigenvalue weighted by Crippen LogP contribution is 2.41. The summed E-state index contributed by atoms with van der Waals surface area (Å²) in [5.74, 6) is 0. The zero-order valence-electron chi connectivity index (χ0n) is 28.1. The molecule has 10 aromatic rings. The number of fused-ring (bicyclic) bond motifs is 7. The van der Waals surface area contributed by atoms with Gasteiger partial charge in [0.05, 0.1) is 23.8 Å². The summed E-state index contributed by atoms with van der Waals surface area (Å²) in [5, 5.41) is 12.6. The van der Waals surface area contributed by atoms with Crippen LogP contribution in [0.1, 0.15) is 5.56 Å². The predicted octanol–water partition coefficient (Wildman–Crippen LogP) is 13.2. The molecule has 0 radical (unpaired) electrons. The van der Waals surface area contributed by atoms with Gasteiger partial charge in [-0.3, -0.25) is 4.98 Å². The Morgan fingerprint density at radius 3 is 1.63 bits per heavy atom. The zero-order chi connectivity index (χ0) is 33.9. The lowest BCUT2D eigenvalue weighted by Crippen LogP contribution is -1.90. The van der Waals surface area contributed by atoms with Crippen LogP contribution in [-0.2, 0) is 0 Å². The van der Waals surface area contributed by atoms with Gasteiger partial charge >= 0.3 is 0 Å². The molecular weight excluding hydrogens is 617 g/mol. The van der Waals surface area contributed by atoms with Crippen molar-refractivity contribution in [3.05, 3.63) is 182 Å². The molecule has 0 aliphatic heterocycles. The third-order valence-corrected chi connectivity index (χ3v) is 10.4. The predicted molar refractivity (Wildman–Crippen MR) is 216 cm³/mol. The molecule has 2 nitrogen and oxygen atoms in total. The fraction of sp³-hybridized carbons (Fsp3) is 0.0204. The standard InChI is InChI=1S/C49H32N2/c1-31-8-5-11-33-16-17-35-13-7-15-44(49(35)47(31)33)43-14-6-12-34-18-22-40-27-39(24-25-42(40)48(34)43)36-19-20-38-28-41(23-21-37(38)26-36)46-30-50-29-45(51-46)32-9-3-2-4-10-32/h2-30H,1H3. The molecule has 0 aliphatic rings. The van der Waals surface area contributed by atoms with Gasteiger partial charge < -0.3 is 0 Å². The van der Waals surface area contributed by atoms with Crippen LogP contribution < -0.4 is 0 Å². The van der Waals surface area contributed by atoms with Gasteiger partial charge in [-0.05, 0) is 107 Å². The highest BCUT2D eigenvalue weighted by atomic mass is 14.8. The second-order valence-corrected chi connectivity index (χ2v) is 13.5. The average Bonchev–Trinajstić information content (AvgIpc) is 3.20. The molecule has 238 valence electrons. The highest BCUT2D eigenvalue weighted by Gasteiger charge is 2.14. The van der Waals surface area contributed by atoms with Gasteiger partial charge in [0.2, 0.25) is 0 Å². The Hall–Kier alpha value is -6.64. The SMILES string of the molecule is Cc1cccc2ccc3cccc(-c4cccc5ccc6cc(-c7ccc8cc(-c9cncc(-c%10ccccc%10)n9)ccc8c7)ccc6c45)c3c12. The Bertz CT molecular complexity index is 2980. The van der Waals surface area contributed by atoms with E-state index in [1.807, 2.05) is 30.6 Å². The van der Waals surface area contributed by atoms with E-state index in [9.17, 15) is 0 Å². The lowest BCUT2D eigenvalue weighted by atomic mass is 9.88. The van der Waals surface area contributed by atoms with Crippen molar-refractivity contribution in [1.29, 1.82) is 0 Å². The number of aryl methyl sites for hydroxylation is 1. The summed E-state index contributed by atoms with van der Waals surface area (Å²) in [4.78, 5) is 9.43. The van der Waals surface area contributed by atoms with Crippen molar-refractivity contribution in [2.45, 2.75) is 6.92 Å².